The van der Waals surface area contributed by atoms with Gasteiger partial charge in [0, 0.05) is 19.3 Å². The summed E-state index contributed by atoms with van der Waals surface area (Å²) in [5, 5.41) is 3.86. The molecule has 1 N–H and O–H groups in total. The van der Waals surface area contributed by atoms with Gasteiger partial charge in [-0.2, -0.15) is 4.31 Å². The van der Waals surface area contributed by atoms with Gasteiger partial charge < -0.3 is 5.32 Å². The van der Waals surface area contributed by atoms with Crippen LogP contribution in [0, 0.1) is 0 Å². The second-order valence-electron chi connectivity index (χ2n) is 5.36. The van der Waals surface area contributed by atoms with E-state index in [0.29, 0.717) is 28.8 Å². The molecular weight excluding hydrogens is 429 g/mol. The Labute approximate surface area is 173 Å². The summed E-state index contributed by atoms with van der Waals surface area (Å²) in [6.45, 7) is 4.34. The second-order valence-corrected chi connectivity index (χ2v) is 9.08. The molecule has 1 heterocycles. The van der Waals surface area contributed by atoms with Gasteiger partial charge in [0.1, 0.15) is 4.90 Å². The van der Waals surface area contributed by atoms with Gasteiger partial charge in [0.05, 0.1) is 26.5 Å². The van der Waals surface area contributed by atoms with Crippen molar-refractivity contribution in [1.29, 1.82) is 0 Å². The van der Waals surface area contributed by atoms with E-state index >= 15 is 0 Å². The number of rotatable bonds is 8. The van der Waals surface area contributed by atoms with Crippen LogP contribution in [-0.4, -0.2) is 42.5 Å². The Morgan fingerprint density at radius 3 is 2.48 bits per heavy atom. The Hall–Kier alpha value is -1.32. The number of carbonyl (C=O) groups is 1. The zero-order chi connectivity index (χ0) is 20.0. The number of aromatic nitrogens is 1. The lowest BCUT2D eigenvalue weighted by Crippen LogP contribution is -2.30. The van der Waals surface area contributed by atoms with E-state index in [2.05, 4.69) is 10.3 Å². The van der Waals surface area contributed by atoms with E-state index < -0.39 is 10.0 Å². The molecule has 2 rings (SSSR count). The Morgan fingerprint density at radius 2 is 1.89 bits per heavy atom. The molecule has 0 radical (unpaired) electrons. The molecule has 0 aliphatic heterocycles. The SMILES string of the molecule is CCN(CC)S(=O)(=O)c1ccc(SCC(=O)Nc2cccc(Cl)c2Cl)nc1. The molecule has 0 unspecified atom stereocenters. The molecule has 2 aromatic rings. The minimum Gasteiger partial charge on any atom is -0.324 e. The fourth-order valence-electron chi connectivity index (χ4n) is 2.24. The molecule has 1 aromatic heterocycles. The van der Waals surface area contributed by atoms with Crippen LogP contribution in [0.15, 0.2) is 46.5 Å². The van der Waals surface area contributed by atoms with Crippen molar-refractivity contribution in [2.45, 2.75) is 23.8 Å². The van der Waals surface area contributed by atoms with Gasteiger partial charge in [0.15, 0.2) is 0 Å². The molecular formula is C17H19Cl2N3O3S2. The average molecular weight is 448 g/mol. The third-order valence-corrected chi connectivity index (χ3v) is 7.43. The van der Waals surface area contributed by atoms with Crippen molar-refractivity contribution >= 4 is 56.6 Å². The molecule has 27 heavy (non-hydrogen) atoms. The van der Waals surface area contributed by atoms with Crippen molar-refractivity contribution in [3.8, 4) is 0 Å². The van der Waals surface area contributed by atoms with Gasteiger partial charge in [-0.1, -0.05) is 54.9 Å². The number of hydrogen-bond acceptors (Lipinski definition) is 5. The maximum Gasteiger partial charge on any atom is 0.244 e. The van der Waals surface area contributed by atoms with E-state index in [9.17, 15) is 13.2 Å². The van der Waals surface area contributed by atoms with E-state index in [4.69, 9.17) is 23.2 Å². The lowest BCUT2D eigenvalue weighted by molar-refractivity contribution is -0.113. The van der Waals surface area contributed by atoms with Crippen LogP contribution in [0.1, 0.15) is 13.8 Å². The highest BCUT2D eigenvalue weighted by atomic mass is 35.5. The Morgan fingerprint density at radius 1 is 1.19 bits per heavy atom. The van der Waals surface area contributed by atoms with Gasteiger partial charge in [-0.3, -0.25) is 4.79 Å². The normalized spacial score (nSPS) is 11.6. The number of thioether (sulfide) groups is 1. The van der Waals surface area contributed by atoms with E-state index in [1.54, 1.807) is 38.1 Å². The van der Waals surface area contributed by atoms with Crippen LogP contribution in [-0.2, 0) is 14.8 Å². The smallest absolute Gasteiger partial charge is 0.244 e. The van der Waals surface area contributed by atoms with Crippen LogP contribution in [0.4, 0.5) is 5.69 Å². The zero-order valence-corrected chi connectivity index (χ0v) is 17.9. The number of nitrogens with zero attached hydrogens (tertiary/aromatic N) is 2. The lowest BCUT2D eigenvalue weighted by Gasteiger charge is -2.18. The number of amides is 1. The molecule has 0 aliphatic rings. The highest BCUT2D eigenvalue weighted by molar-refractivity contribution is 7.99. The maximum atomic E-state index is 12.4. The molecule has 0 atom stereocenters. The van der Waals surface area contributed by atoms with Crippen LogP contribution >= 0.6 is 35.0 Å². The highest BCUT2D eigenvalue weighted by Gasteiger charge is 2.21. The molecule has 6 nitrogen and oxygen atoms in total. The predicted octanol–water partition coefficient (Wildman–Crippen LogP) is 4.15. The van der Waals surface area contributed by atoms with E-state index in [1.165, 1.54) is 28.3 Å². The summed E-state index contributed by atoms with van der Waals surface area (Å²) in [4.78, 5) is 16.3. The van der Waals surface area contributed by atoms with Gasteiger partial charge in [0.2, 0.25) is 15.9 Å². The Kier molecular flexibility index (Phi) is 7.93. The Balaban J connectivity index is 1.99. The summed E-state index contributed by atoms with van der Waals surface area (Å²) in [6.07, 6.45) is 1.31. The summed E-state index contributed by atoms with van der Waals surface area (Å²) in [5.74, 6) is -0.177. The van der Waals surface area contributed by atoms with Crippen molar-refractivity contribution in [3.63, 3.8) is 0 Å². The molecule has 0 bridgehead atoms. The first-order valence-corrected chi connectivity index (χ1v) is 11.3. The van der Waals surface area contributed by atoms with Crippen LogP contribution < -0.4 is 5.32 Å². The lowest BCUT2D eigenvalue weighted by atomic mass is 10.3. The standard InChI is InChI=1S/C17H19Cl2N3O3S2/c1-3-22(4-2)27(24,25)12-8-9-16(20-10-12)26-11-15(23)21-14-7-5-6-13(18)17(14)19/h5-10H,3-4,11H2,1-2H3,(H,21,23). The highest BCUT2D eigenvalue weighted by Crippen LogP contribution is 2.29. The van der Waals surface area contributed by atoms with Crippen LogP contribution in [0.25, 0.3) is 0 Å². The average Bonchev–Trinajstić information content (AvgIpc) is 2.65. The summed E-state index contributed by atoms with van der Waals surface area (Å²) >= 11 is 13.1. The predicted molar refractivity (Wildman–Crippen MR) is 110 cm³/mol. The van der Waals surface area contributed by atoms with Crippen molar-refractivity contribution in [2.75, 3.05) is 24.2 Å². The van der Waals surface area contributed by atoms with Crippen molar-refractivity contribution in [1.82, 2.24) is 9.29 Å². The largest absolute Gasteiger partial charge is 0.324 e. The first-order chi connectivity index (χ1) is 12.8. The van der Waals surface area contributed by atoms with Gasteiger partial charge >= 0.3 is 0 Å². The van der Waals surface area contributed by atoms with E-state index in [1.807, 2.05) is 0 Å². The third-order valence-electron chi connectivity index (χ3n) is 3.63. The molecule has 0 fully saturated rings. The molecule has 0 saturated carbocycles. The number of sulfonamides is 1. The number of halogens is 2. The van der Waals surface area contributed by atoms with Crippen molar-refractivity contribution in [2.24, 2.45) is 0 Å². The van der Waals surface area contributed by atoms with Gasteiger partial charge in [-0.25, -0.2) is 13.4 Å². The summed E-state index contributed by atoms with van der Waals surface area (Å²) in [6, 6.07) is 8.05. The second kappa shape index (κ2) is 9.75. The van der Waals surface area contributed by atoms with Gasteiger partial charge in [-0.15, -0.1) is 0 Å². The number of nitrogens with one attached hydrogen (secondary N) is 1. The maximum absolute atomic E-state index is 12.4. The number of anilines is 1. The molecule has 0 spiro atoms. The van der Waals surface area contributed by atoms with Gasteiger partial charge in [-0.05, 0) is 24.3 Å². The molecule has 1 amide bonds. The molecule has 146 valence electrons. The zero-order valence-electron chi connectivity index (χ0n) is 14.8. The first-order valence-electron chi connectivity index (χ1n) is 8.12. The summed E-state index contributed by atoms with van der Waals surface area (Å²) < 4.78 is 26.2. The summed E-state index contributed by atoms with van der Waals surface area (Å²) in [5.41, 5.74) is 0.434. The topological polar surface area (TPSA) is 79.4 Å². The third kappa shape index (κ3) is 5.58. The van der Waals surface area contributed by atoms with E-state index in [0.717, 1.165) is 0 Å². The minimum atomic E-state index is -3.54. The van der Waals surface area contributed by atoms with Crippen LogP contribution in [0.2, 0.25) is 10.0 Å². The van der Waals surface area contributed by atoms with Crippen LogP contribution in [0.5, 0.6) is 0 Å². The fraction of sp³-hybridized carbons (Fsp3) is 0.294. The molecule has 10 heteroatoms. The molecule has 0 saturated heterocycles. The van der Waals surface area contributed by atoms with Crippen LogP contribution in [0.3, 0.4) is 0 Å². The molecule has 0 aliphatic carbocycles. The molecule has 1 aromatic carbocycles. The Bertz CT molecular complexity index is 902. The van der Waals surface area contributed by atoms with E-state index in [-0.39, 0.29) is 21.6 Å². The quantitative estimate of drug-likeness (QED) is 0.614. The monoisotopic (exact) mass is 447 g/mol. The number of carbonyl (C=O) groups excluding carboxylic acids is 1. The number of benzene rings is 1. The van der Waals surface area contributed by atoms with Crippen molar-refractivity contribution in [3.05, 3.63) is 46.6 Å². The number of hydrogen-bond donors (Lipinski definition) is 1. The van der Waals surface area contributed by atoms with Gasteiger partial charge in [0.25, 0.3) is 0 Å². The number of pyridine rings is 1. The fourth-order valence-corrected chi connectivity index (χ4v) is 4.64. The van der Waals surface area contributed by atoms with Crippen molar-refractivity contribution < 1.29 is 13.2 Å². The first kappa shape index (κ1) is 22.0. The summed E-state index contributed by atoms with van der Waals surface area (Å²) in [7, 11) is -3.54. The minimum absolute atomic E-state index is 0.0952.